The second kappa shape index (κ2) is 5.60. The van der Waals surface area contributed by atoms with Gasteiger partial charge in [-0.3, -0.25) is 0 Å². The van der Waals surface area contributed by atoms with Crippen LogP contribution in [0.25, 0.3) is 0 Å². The zero-order valence-electron chi connectivity index (χ0n) is 13.1. The molecule has 118 valence electrons. The Morgan fingerprint density at radius 2 is 1.95 bits per heavy atom. The molecular weight excluding hydrogens is 274 g/mol. The Hall–Kier alpha value is -1.51. The minimum Gasteiger partial charge on any atom is -0.445 e. The van der Waals surface area contributed by atoms with Crippen molar-refractivity contribution in [1.29, 1.82) is 0 Å². The van der Waals surface area contributed by atoms with E-state index in [2.05, 4.69) is 5.32 Å². The average molecular weight is 299 g/mol. The first kappa shape index (κ1) is 14.1. The van der Waals surface area contributed by atoms with Gasteiger partial charge in [-0.2, -0.15) is 0 Å². The topological polar surface area (TPSA) is 38.3 Å². The fraction of sp³-hybridized carbons (Fsp3) is 0.632. The zero-order valence-corrected chi connectivity index (χ0v) is 13.1. The molecule has 3 heteroatoms. The number of benzene rings is 1. The Balaban J connectivity index is 1.39. The van der Waals surface area contributed by atoms with Gasteiger partial charge < -0.3 is 10.1 Å². The molecule has 1 aromatic carbocycles. The number of hydrogen-bond donors (Lipinski definition) is 1. The first-order valence-corrected chi connectivity index (χ1v) is 8.75. The molecule has 4 rings (SSSR count). The Kier molecular flexibility index (Phi) is 3.59. The molecule has 1 aromatic rings. The molecule has 0 unspecified atom stereocenters. The van der Waals surface area contributed by atoms with Crippen molar-refractivity contribution in [3.63, 3.8) is 0 Å². The highest BCUT2D eigenvalue weighted by Gasteiger charge is 2.59. The molecule has 1 amide bonds. The molecule has 0 aromatic heterocycles. The van der Waals surface area contributed by atoms with Crippen molar-refractivity contribution in [2.24, 2.45) is 17.3 Å². The standard InChI is InChI=1S/C19H25NO2/c21-18(22-13-14-6-2-1-3-7-14)20-17-15-8-9-16(12-15)19(17)10-4-5-11-19/h1-3,6-7,15-17H,4-5,8-13H2,(H,20,21)/t15-,16+,17-/m1/s1. The summed E-state index contributed by atoms with van der Waals surface area (Å²) in [7, 11) is 0. The number of fused-ring (bicyclic) bond motifs is 3. The minimum absolute atomic E-state index is 0.229. The Labute approximate surface area is 132 Å². The van der Waals surface area contributed by atoms with Gasteiger partial charge in [-0.15, -0.1) is 0 Å². The number of carbonyl (C=O) groups is 1. The maximum absolute atomic E-state index is 12.3. The summed E-state index contributed by atoms with van der Waals surface area (Å²) in [6.07, 6.45) is 9.03. The van der Waals surface area contributed by atoms with Crippen LogP contribution < -0.4 is 5.32 Å². The number of nitrogens with one attached hydrogen (secondary N) is 1. The molecule has 3 aliphatic carbocycles. The molecule has 22 heavy (non-hydrogen) atoms. The molecule has 3 fully saturated rings. The van der Waals surface area contributed by atoms with Crippen molar-refractivity contribution in [1.82, 2.24) is 5.32 Å². The van der Waals surface area contributed by atoms with Crippen LogP contribution in [0.2, 0.25) is 0 Å². The Morgan fingerprint density at radius 1 is 1.18 bits per heavy atom. The van der Waals surface area contributed by atoms with Gasteiger partial charge in [-0.05, 0) is 54.9 Å². The summed E-state index contributed by atoms with van der Waals surface area (Å²) in [5.41, 5.74) is 1.44. The van der Waals surface area contributed by atoms with Crippen LogP contribution in [0.15, 0.2) is 30.3 Å². The Bertz CT molecular complexity index is 536. The van der Waals surface area contributed by atoms with Gasteiger partial charge in [-0.25, -0.2) is 4.79 Å². The molecule has 3 aliphatic rings. The largest absolute Gasteiger partial charge is 0.445 e. The van der Waals surface area contributed by atoms with Crippen LogP contribution in [0.1, 0.15) is 50.5 Å². The third kappa shape index (κ3) is 2.31. The maximum Gasteiger partial charge on any atom is 0.407 e. The van der Waals surface area contributed by atoms with E-state index in [-0.39, 0.29) is 6.09 Å². The predicted octanol–water partition coefficient (Wildman–Crippen LogP) is 4.27. The van der Waals surface area contributed by atoms with E-state index in [1.807, 2.05) is 30.3 Å². The summed E-state index contributed by atoms with van der Waals surface area (Å²) >= 11 is 0. The molecule has 0 aliphatic heterocycles. The van der Waals surface area contributed by atoms with Gasteiger partial charge in [0, 0.05) is 6.04 Å². The molecule has 1 N–H and O–H groups in total. The van der Waals surface area contributed by atoms with Gasteiger partial charge in [0.15, 0.2) is 0 Å². The summed E-state index contributed by atoms with van der Waals surface area (Å²) in [6, 6.07) is 10.3. The second-order valence-electron chi connectivity index (χ2n) is 7.39. The van der Waals surface area contributed by atoms with E-state index in [9.17, 15) is 4.79 Å². The fourth-order valence-corrected chi connectivity index (χ4v) is 5.47. The lowest BCUT2D eigenvalue weighted by atomic mass is 9.68. The van der Waals surface area contributed by atoms with Gasteiger partial charge in [0.1, 0.15) is 6.61 Å². The van der Waals surface area contributed by atoms with E-state index in [0.29, 0.717) is 24.0 Å². The highest BCUT2D eigenvalue weighted by molar-refractivity contribution is 5.68. The number of alkyl carbamates (subject to hydrolysis) is 1. The smallest absolute Gasteiger partial charge is 0.407 e. The summed E-state index contributed by atoms with van der Waals surface area (Å²) in [5.74, 6) is 1.53. The minimum atomic E-state index is -0.229. The fourth-order valence-electron chi connectivity index (χ4n) is 5.47. The van der Waals surface area contributed by atoms with Crippen molar-refractivity contribution >= 4 is 6.09 Å². The van der Waals surface area contributed by atoms with Gasteiger partial charge >= 0.3 is 6.09 Å². The summed E-state index contributed by atoms with van der Waals surface area (Å²) in [4.78, 5) is 12.3. The zero-order chi connectivity index (χ0) is 15.0. The second-order valence-corrected chi connectivity index (χ2v) is 7.39. The van der Waals surface area contributed by atoms with Crippen LogP contribution in [0, 0.1) is 17.3 Å². The first-order valence-electron chi connectivity index (χ1n) is 8.75. The van der Waals surface area contributed by atoms with Crippen molar-refractivity contribution < 1.29 is 9.53 Å². The van der Waals surface area contributed by atoms with E-state index in [0.717, 1.165) is 11.5 Å². The highest BCUT2D eigenvalue weighted by atomic mass is 16.5. The van der Waals surface area contributed by atoms with Crippen molar-refractivity contribution in [2.75, 3.05) is 0 Å². The van der Waals surface area contributed by atoms with Crippen LogP contribution in [0.4, 0.5) is 4.79 Å². The van der Waals surface area contributed by atoms with Gasteiger partial charge in [0.2, 0.25) is 0 Å². The number of carbonyl (C=O) groups excluding carboxylic acids is 1. The van der Waals surface area contributed by atoms with E-state index in [1.54, 1.807) is 0 Å². The van der Waals surface area contributed by atoms with Gasteiger partial charge in [-0.1, -0.05) is 43.2 Å². The molecule has 1 spiro atoms. The van der Waals surface area contributed by atoms with Crippen molar-refractivity contribution in [3.05, 3.63) is 35.9 Å². The van der Waals surface area contributed by atoms with E-state index < -0.39 is 0 Å². The van der Waals surface area contributed by atoms with Crippen LogP contribution >= 0.6 is 0 Å². The number of amides is 1. The lowest BCUT2D eigenvalue weighted by Crippen LogP contribution is -2.50. The van der Waals surface area contributed by atoms with Crippen molar-refractivity contribution in [3.8, 4) is 0 Å². The Morgan fingerprint density at radius 3 is 2.73 bits per heavy atom. The number of ether oxygens (including phenoxy) is 1. The molecule has 3 atom stereocenters. The van der Waals surface area contributed by atoms with Crippen LogP contribution in [0.5, 0.6) is 0 Å². The number of rotatable bonds is 3. The van der Waals surface area contributed by atoms with Gasteiger partial charge in [0.25, 0.3) is 0 Å². The summed E-state index contributed by atoms with van der Waals surface area (Å²) < 4.78 is 5.45. The third-order valence-corrected chi connectivity index (χ3v) is 6.40. The van der Waals surface area contributed by atoms with Gasteiger partial charge in [0.05, 0.1) is 0 Å². The van der Waals surface area contributed by atoms with Crippen molar-refractivity contribution in [2.45, 2.75) is 57.6 Å². The van der Waals surface area contributed by atoms with E-state index in [1.165, 1.54) is 44.9 Å². The van der Waals surface area contributed by atoms with E-state index >= 15 is 0 Å². The quantitative estimate of drug-likeness (QED) is 0.905. The monoisotopic (exact) mass is 299 g/mol. The molecule has 0 saturated heterocycles. The molecule has 0 radical (unpaired) electrons. The van der Waals surface area contributed by atoms with Crippen LogP contribution in [0.3, 0.4) is 0 Å². The summed E-state index contributed by atoms with van der Waals surface area (Å²) in [6.45, 7) is 0.362. The predicted molar refractivity (Wildman–Crippen MR) is 85.3 cm³/mol. The van der Waals surface area contributed by atoms with E-state index in [4.69, 9.17) is 4.74 Å². The lowest BCUT2D eigenvalue weighted by molar-refractivity contribution is 0.0897. The molecule has 3 saturated carbocycles. The molecule has 2 bridgehead atoms. The maximum atomic E-state index is 12.3. The number of hydrogen-bond acceptors (Lipinski definition) is 2. The summed E-state index contributed by atoms with van der Waals surface area (Å²) in [5, 5.41) is 3.25. The third-order valence-electron chi connectivity index (χ3n) is 6.40. The normalized spacial score (nSPS) is 31.5. The lowest BCUT2D eigenvalue weighted by Gasteiger charge is -2.41. The molecule has 0 heterocycles. The molecular formula is C19H25NO2. The first-order chi connectivity index (χ1) is 10.8. The highest BCUT2D eigenvalue weighted by Crippen LogP contribution is 2.62. The SMILES string of the molecule is O=C(N[C@@H]1[C@@H]2CC[C@@H](C2)C12CCCC2)OCc1ccccc1. The van der Waals surface area contributed by atoms with Crippen LogP contribution in [-0.4, -0.2) is 12.1 Å². The van der Waals surface area contributed by atoms with Crippen LogP contribution in [-0.2, 0) is 11.3 Å². The molecule has 3 nitrogen and oxygen atoms in total. The average Bonchev–Trinajstić information content (AvgIpc) is 3.26.